The van der Waals surface area contributed by atoms with Crippen LogP contribution in [-0.4, -0.2) is 5.11 Å². The van der Waals surface area contributed by atoms with Crippen molar-refractivity contribution in [1.82, 2.24) is 0 Å². The summed E-state index contributed by atoms with van der Waals surface area (Å²) in [7, 11) is 0. The van der Waals surface area contributed by atoms with Crippen molar-refractivity contribution in [1.29, 1.82) is 0 Å². The van der Waals surface area contributed by atoms with Gasteiger partial charge in [-0.05, 0) is 48.6 Å². The van der Waals surface area contributed by atoms with E-state index in [1.807, 2.05) is 0 Å². The van der Waals surface area contributed by atoms with Crippen molar-refractivity contribution in [2.24, 2.45) is 0 Å². The average Bonchev–Trinajstić information content (AvgIpc) is 2.57. The molecule has 22 heavy (non-hydrogen) atoms. The fourth-order valence-electron chi connectivity index (χ4n) is 3.86. The van der Waals surface area contributed by atoms with Crippen LogP contribution in [0.4, 0.5) is 0 Å². The quantitative estimate of drug-likeness (QED) is 0.514. The Hall–Kier alpha value is -0.500. The lowest BCUT2D eigenvalue weighted by Gasteiger charge is -2.25. The van der Waals surface area contributed by atoms with Gasteiger partial charge in [0.15, 0.2) is 0 Å². The molecule has 0 aliphatic heterocycles. The van der Waals surface area contributed by atoms with Gasteiger partial charge >= 0.3 is 0 Å². The highest BCUT2D eigenvalue weighted by Gasteiger charge is 2.21. The average molecular weight is 367 g/mol. The molecule has 1 saturated carbocycles. The summed E-state index contributed by atoms with van der Waals surface area (Å²) in [6.07, 6.45) is 11.5. The van der Waals surface area contributed by atoms with Crippen LogP contribution in [0.25, 0.3) is 0 Å². The first kappa shape index (κ1) is 17.8. The number of halogens is 1. The number of phenolic OH excluding ortho intramolecular Hbond substituents is 1. The van der Waals surface area contributed by atoms with Crippen molar-refractivity contribution >= 4 is 15.9 Å². The molecule has 0 bridgehead atoms. The van der Waals surface area contributed by atoms with Crippen LogP contribution in [0, 0.1) is 0 Å². The fourth-order valence-corrected chi connectivity index (χ4v) is 4.29. The normalized spacial score (nSPS) is 17.6. The van der Waals surface area contributed by atoms with Crippen LogP contribution in [0.5, 0.6) is 5.75 Å². The molecule has 0 radical (unpaired) electrons. The lowest BCUT2D eigenvalue weighted by molar-refractivity contribution is 0.434. The molecule has 0 amide bonds. The largest absolute Gasteiger partial charge is 0.507 e. The van der Waals surface area contributed by atoms with E-state index < -0.39 is 0 Å². The molecule has 0 aromatic heterocycles. The third-order valence-electron chi connectivity index (χ3n) is 5.30. The molecule has 2 heteroatoms. The summed E-state index contributed by atoms with van der Waals surface area (Å²) in [5.41, 5.74) is 3.75. The van der Waals surface area contributed by atoms with Crippen molar-refractivity contribution in [2.75, 3.05) is 0 Å². The maximum Gasteiger partial charge on any atom is 0.123 e. The minimum absolute atomic E-state index is 0.501. The smallest absolute Gasteiger partial charge is 0.123 e. The first-order valence-electron chi connectivity index (χ1n) is 9.12. The maximum absolute atomic E-state index is 10.7. The highest BCUT2D eigenvalue weighted by atomic mass is 79.9. The third-order valence-corrected chi connectivity index (χ3v) is 5.90. The Morgan fingerprint density at radius 3 is 2.50 bits per heavy atom. The van der Waals surface area contributed by atoms with Crippen LogP contribution in [0.15, 0.2) is 12.1 Å². The number of hydrogen-bond donors (Lipinski definition) is 1. The molecule has 1 aliphatic rings. The first-order chi connectivity index (χ1) is 10.7. The van der Waals surface area contributed by atoms with E-state index in [2.05, 4.69) is 41.9 Å². The number of unbranched alkanes of at least 4 members (excludes halogenated alkanes) is 1. The lowest BCUT2D eigenvalue weighted by atomic mass is 9.80. The van der Waals surface area contributed by atoms with Crippen molar-refractivity contribution in [3.8, 4) is 5.75 Å². The minimum atomic E-state index is 0.501. The highest BCUT2D eigenvalue weighted by Crippen LogP contribution is 2.40. The molecule has 0 spiro atoms. The second-order valence-electron chi connectivity index (χ2n) is 6.83. The minimum Gasteiger partial charge on any atom is -0.507 e. The summed E-state index contributed by atoms with van der Waals surface area (Å²) in [6, 6.07) is 4.58. The van der Waals surface area contributed by atoms with Crippen LogP contribution in [0.2, 0.25) is 0 Å². The molecule has 1 atom stereocenters. The van der Waals surface area contributed by atoms with Crippen LogP contribution in [0.1, 0.15) is 100 Å². The Morgan fingerprint density at radius 1 is 1.18 bits per heavy atom. The predicted molar refractivity (Wildman–Crippen MR) is 99.1 cm³/mol. The Morgan fingerprint density at radius 2 is 1.91 bits per heavy atom. The van der Waals surface area contributed by atoms with Crippen LogP contribution < -0.4 is 0 Å². The molecule has 1 unspecified atom stereocenters. The number of rotatable bonds is 7. The molecular formula is C20H31BrO. The number of hydrogen-bond acceptors (Lipinski definition) is 1. The van der Waals surface area contributed by atoms with E-state index in [0.717, 1.165) is 17.3 Å². The molecular weight excluding hydrogens is 336 g/mol. The molecule has 1 aromatic carbocycles. The van der Waals surface area contributed by atoms with E-state index >= 15 is 0 Å². The SMILES string of the molecule is CCCCC(CC)c1cc(C2CCCCC2)cc(CBr)c1O. The van der Waals surface area contributed by atoms with E-state index in [0.29, 0.717) is 17.6 Å². The molecule has 1 fully saturated rings. The molecule has 1 N–H and O–H groups in total. The molecule has 2 rings (SSSR count). The van der Waals surface area contributed by atoms with Crippen molar-refractivity contribution in [3.05, 3.63) is 28.8 Å². The van der Waals surface area contributed by atoms with E-state index in [9.17, 15) is 5.11 Å². The zero-order chi connectivity index (χ0) is 15.9. The van der Waals surface area contributed by atoms with Crippen molar-refractivity contribution < 1.29 is 5.11 Å². The Balaban J connectivity index is 2.33. The molecule has 1 nitrogen and oxygen atoms in total. The van der Waals surface area contributed by atoms with E-state index in [4.69, 9.17) is 0 Å². The zero-order valence-corrected chi connectivity index (χ0v) is 15.8. The third kappa shape index (κ3) is 4.28. The molecule has 1 aromatic rings. The van der Waals surface area contributed by atoms with Crippen molar-refractivity contribution in [3.63, 3.8) is 0 Å². The fraction of sp³-hybridized carbons (Fsp3) is 0.700. The van der Waals surface area contributed by atoms with Crippen molar-refractivity contribution in [2.45, 2.75) is 88.8 Å². The second-order valence-corrected chi connectivity index (χ2v) is 7.39. The monoisotopic (exact) mass is 366 g/mol. The van der Waals surface area contributed by atoms with Gasteiger partial charge in [0, 0.05) is 10.9 Å². The summed E-state index contributed by atoms with van der Waals surface area (Å²) >= 11 is 3.56. The summed E-state index contributed by atoms with van der Waals surface area (Å²) in [4.78, 5) is 0. The van der Waals surface area contributed by atoms with E-state index in [1.54, 1.807) is 0 Å². The van der Waals surface area contributed by atoms with Crippen LogP contribution in [-0.2, 0) is 5.33 Å². The van der Waals surface area contributed by atoms with Gasteiger partial charge in [0.2, 0.25) is 0 Å². The van der Waals surface area contributed by atoms with Gasteiger partial charge in [0.1, 0.15) is 5.75 Å². The van der Waals surface area contributed by atoms with Gasteiger partial charge in [-0.1, -0.05) is 74.0 Å². The lowest BCUT2D eigenvalue weighted by Crippen LogP contribution is -2.07. The zero-order valence-electron chi connectivity index (χ0n) is 14.2. The Kier molecular flexibility index (Phi) is 7.27. The van der Waals surface area contributed by atoms with Gasteiger partial charge in [-0.15, -0.1) is 0 Å². The molecule has 0 heterocycles. The Labute approximate surface area is 144 Å². The first-order valence-corrected chi connectivity index (χ1v) is 10.2. The molecule has 1 aliphatic carbocycles. The van der Waals surface area contributed by atoms with Crippen LogP contribution >= 0.6 is 15.9 Å². The number of benzene rings is 1. The van der Waals surface area contributed by atoms with Crippen LogP contribution in [0.3, 0.4) is 0 Å². The maximum atomic E-state index is 10.7. The summed E-state index contributed by atoms with van der Waals surface area (Å²) in [5, 5.41) is 11.4. The van der Waals surface area contributed by atoms with E-state index in [1.165, 1.54) is 62.5 Å². The van der Waals surface area contributed by atoms with E-state index in [-0.39, 0.29) is 0 Å². The summed E-state index contributed by atoms with van der Waals surface area (Å²) < 4.78 is 0. The molecule has 0 saturated heterocycles. The Bertz CT molecular complexity index is 463. The van der Waals surface area contributed by atoms with Gasteiger partial charge in [-0.25, -0.2) is 0 Å². The number of alkyl halides is 1. The van der Waals surface area contributed by atoms with Gasteiger partial charge in [-0.2, -0.15) is 0 Å². The summed E-state index contributed by atoms with van der Waals surface area (Å²) in [6.45, 7) is 4.50. The predicted octanol–water partition coefficient (Wildman–Crippen LogP) is 7.02. The van der Waals surface area contributed by atoms with Gasteiger partial charge < -0.3 is 5.11 Å². The van der Waals surface area contributed by atoms with Gasteiger partial charge in [0.25, 0.3) is 0 Å². The molecule has 124 valence electrons. The standard InChI is InChI=1S/C20H31BrO/c1-3-5-9-15(4-2)19-13-17(12-18(14-21)20(19)22)16-10-7-6-8-11-16/h12-13,15-16,22H,3-11,14H2,1-2H3. The van der Waals surface area contributed by atoms with Gasteiger partial charge in [0.05, 0.1) is 0 Å². The number of phenols is 1. The highest BCUT2D eigenvalue weighted by molar-refractivity contribution is 9.08. The van der Waals surface area contributed by atoms with Gasteiger partial charge in [-0.3, -0.25) is 0 Å². The topological polar surface area (TPSA) is 20.2 Å². The second kappa shape index (κ2) is 8.96. The number of aromatic hydroxyl groups is 1. The summed E-state index contributed by atoms with van der Waals surface area (Å²) in [5.74, 6) is 1.75.